The molecule has 19 heavy (non-hydrogen) atoms. The van der Waals surface area contributed by atoms with Crippen LogP contribution >= 0.6 is 11.6 Å². The Morgan fingerprint density at radius 1 is 1.16 bits per heavy atom. The van der Waals surface area contributed by atoms with Gasteiger partial charge in [-0.25, -0.2) is 4.39 Å². The Kier molecular flexibility index (Phi) is 3.78. The minimum Gasteiger partial charge on any atom is -0.497 e. The first kappa shape index (κ1) is 13.8. The molecule has 2 aromatic carbocycles. The first-order valence-electron chi connectivity index (χ1n) is 5.77. The largest absolute Gasteiger partial charge is 0.497 e. The van der Waals surface area contributed by atoms with Crippen molar-refractivity contribution in [3.8, 4) is 5.75 Å². The fourth-order valence-corrected chi connectivity index (χ4v) is 2.11. The fraction of sp³-hybridized carbons (Fsp3) is 0.200. The van der Waals surface area contributed by atoms with Crippen LogP contribution in [0.15, 0.2) is 42.5 Å². The molecule has 0 aliphatic carbocycles. The third-order valence-corrected chi connectivity index (χ3v) is 3.34. The van der Waals surface area contributed by atoms with E-state index in [1.165, 1.54) is 12.1 Å². The Hall–Kier alpha value is -1.58. The summed E-state index contributed by atoms with van der Waals surface area (Å²) in [5.41, 5.74) is -0.669. The van der Waals surface area contributed by atoms with Gasteiger partial charge in [-0.1, -0.05) is 29.8 Å². The fourth-order valence-electron chi connectivity index (χ4n) is 1.96. The van der Waals surface area contributed by atoms with Gasteiger partial charge in [-0.15, -0.1) is 0 Å². The Morgan fingerprint density at radius 2 is 1.79 bits per heavy atom. The van der Waals surface area contributed by atoms with Crippen LogP contribution in [0.4, 0.5) is 4.39 Å². The number of hydrogen-bond donors (Lipinski definition) is 1. The molecule has 0 heterocycles. The second-order valence-electron chi connectivity index (χ2n) is 4.42. The first-order valence-corrected chi connectivity index (χ1v) is 6.15. The molecule has 0 amide bonds. The van der Waals surface area contributed by atoms with E-state index in [0.717, 1.165) is 0 Å². The van der Waals surface area contributed by atoms with Crippen molar-refractivity contribution in [1.82, 2.24) is 0 Å². The van der Waals surface area contributed by atoms with Crippen LogP contribution in [0.3, 0.4) is 0 Å². The van der Waals surface area contributed by atoms with Crippen LogP contribution in [0.5, 0.6) is 5.75 Å². The van der Waals surface area contributed by atoms with Crippen molar-refractivity contribution in [1.29, 1.82) is 0 Å². The molecule has 0 saturated carbocycles. The van der Waals surface area contributed by atoms with Gasteiger partial charge in [0.05, 0.1) is 7.11 Å². The zero-order valence-corrected chi connectivity index (χ0v) is 11.4. The van der Waals surface area contributed by atoms with Gasteiger partial charge in [0, 0.05) is 10.6 Å². The van der Waals surface area contributed by atoms with Crippen molar-refractivity contribution in [2.45, 2.75) is 12.5 Å². The summed E-state index contributed by atoms with van der Waals surface area (Å²) in [4.78, 5) is 0. The van der Waals surface area contributed by atoms with Crippen LogP contribution < -0.4 is 4.74 Å². The zero-order valence-electron chi connectivity index (χ0n) is 10.7. The molecular formula is C15H14ClFO2. The number of benzene rings is 2. The molecule has 1 N–H and O–H groups in total. The Bertz CT molecular complexity index is 579. The van der Waals surface area contributed by atoms with Crippen LogP contribution in [-0.4, -0.2) is 12.2 Å². The maximum absolute atomic E-state index is 13.9. The molecule has 0 bridgehead atoms. The maximum atomic E-state index is 13.9. The van der Waals surface area contributed by atoms with Crippen LogP contribution in [-0.2, 0) is 5.60 Å². The lowest BCUT2D eigenvalue weighted by atomic mass is 9.88. The highest BCUT2D eigenvalue weighted by molar-refractivity contribution is 6.30. The summed E-state index contributed by atoms with van der Waals surface area (Å²) in [6.45, 7) is 1.54. The second kappa shape index (κ2) is 5.19. The number of halogens is 2. The van der Waals surface area contributed by atoms with Crippen LogP contribution in [0, 0.1) is 5.82 Å². The number of methoxy groups -OCH3 is 1. The van der Waals surface area contributed by atoms with E-state index in [-0.39, 0.29) is 5.56 Å². The summed E-state index contributed by atoms with van der Waals surface area (Å²) >= 11 is 5.71. The predicted molar refractivity (Wildman–Crippen MR) is 73.1 cm³/mol. The summed E-state index contributed by atoms with van der Waals surface area (Å²) in [6.07, 6.45) is 0. The molecule has 0 fully saturated rings. The third kappa shape index (κ3) is 2.72. The van der Waals surface area contributed by atoms with Crippen molar-refractivity contribution in [2.24, 2.45) is 0 Å². The molecule has 100 valence electrons. The zero-order chi connectivity index (χ0) is 14.0. The van der Waals surface area contributed by atoms with Gasteiger partial charge in [0.25, 0.3) is 0 Å². The Balaban J connectivity index is 2.45. The third-order valence-electron chi connectivity index (χ3n) is 3.11. The highest BCUT2D eigenvalue weighted by Gasteiger charge is 2.28. The quantitative estimate of drug-likeness (QED) is 0.928. The van der Waals surface area contributed by atoms with Gasteiger partial charge in [-0.2, -0.15) is 0 Å². The van der Waals surface area contributed by atoms with Crippen molar-refractivity contribution in [2.75, 3.05) is 7.11 Å². The van der Waals surface area contributed by atoms with E-state index < -0.39 is 11.4 Å². The molecule has 1 unspecified atom stereocenters. The highest BCUT2D eigenvalue weighted by Crippen LogP contribution is 2.32. The summed E-state index contributed by atoms with van der Waals surface area (Å²) in [5, 5.41) is 10.9. The summed E-state index contributed by atoms with van der Waals surface area (Å²) in [7, 11) is 1.56. The average Bonchev–Trinajstić information content (AvgIpc) is 2.38. The van der Waals surface area contributed by atoms with Gasteiger partial charge >= 0.3 is 0 Å². The molecule has 0 aromatic heterocycles. The minimum absolute atomic E-state index is 0.182. The Morgan fingerprint density at radius 3 is 2.32 bits per heavy atom. The summed E-state index contributed by atoms with van der Waals surface area (Å²) < 4.78 is 19.0. The highest BCUT2D eigenvalue weighted by atomic mass is 35.5. The van der Waals surface area contributed by atoms with E-state index in [0.29, 0.717) is 16.3 Å². The Labute approximate surface area is 116 Å². The number of aliphatic hydroxyl groups is 1. The molecule has 2 nitrogen and oxygen atoms in total. The van der Waals surface area contributed by atoms with E-state index in [2.05, 4.69) is 0 Å². The molecule has 2 aromatic rings. The van der Waals surface area contributed by atoms with Crippen molar-refractivity contribution < 1.29 is 14.2 Å². The van der Waals surface area contributed by atoms with Gasteiger partial charge in [0.15, 0.2) is 0 Å². The van der Waals surface area contributed by atoms with E-state index >= 15 is 0 Å². The van der Waals surface area contributed by atoms with Crippen LogP contribution in [0.2, 0.25) is 5.02 Å². The van der Waals surface area contributed by atoms with E-state index in [9.17, 15) is 9.50 Å². The second-order valence-corrected chi connectivity index (χ2v) is 4.86. The van der Waals surface area contributed by atoms with E-state index in [1.54, 1.807) is 44.4 Å². The van der Waals surface area contributed by atoms with E-state index in [4.69, 9.17) is 16.3 Å². The molecule has 4 heteroatoms. The van der Waals surface area contributed by atoms with Gasteiger partial charge in [0.1, 0.15) is 17.2 Å². The molecule has 0 saturated heterocycles. The number of ether oxygens (including phenoxy) is 1. The minimum atomic E-state index is -1.43. The van der Waals surface area contributed by atoms with Crippen LogP contribution in [0.1, 0.15) is 18.1 Å². The topological polar surface area (TPSA) is 29.5 Å². The monoisotopic (exact) mass is 280 g/mol. The van der Waals surface area contributed by atoms with Crippen LogP contribution in [0.25, 0.3) is 0 Å². The van der Waals surface area contributed by atoms with Gasteiger partial charge < -0.3 is 9.84 Å². The normalized spacial score (nSPS) is 13.9. The maximum Gasteiger partial charge on any atom is 0.131 e. The lowest BCUT2D eigenvalue weighted by molar-refractivity contribution is 0.0979. The summed E-state index contributed by atoms with van der Waals surface area (Å²) in [5.74, 6) is 0.143. The molecule has 1 atom stereocenters. The lowest BCUT2D eigenvalue weighted by Crippen LogP contribution is -2.24. The molecule has 0 radical (unpaired) electrons. The summed E-state index contributed by atoms with van der Waals surface area (Å²) in [6, 6.07) is 11.1. The van der Waals surface area contributed by atoms with Crippen molar-refractivity contribution >= 4 is 11.6 Å². The van der Waals surface area contributed by atoms with Crippen molar-refractivity contribution in [3.05, 3.63) is 64.4 Å². The van der Waals surface area contributed by atoms with E-state index in [1.807, 2.05) is 0 Å². The van der Waals surface area contributed by atoms with Gasteiger partial charge in [-0.3, -0.25) is 0 Å². The molecule has 0 spiro atoms. The van der Waals surface area contributed by atoms with Gasteiger partial charge in [0.2, 0.25) is 0 Å². The lowest BCUT2D eigenvalue weighted by Gasteiger charge is -2.25. The molecule has 0 aliphatic heterocycles. The SMILES string of the molecule is COc1ccc(C(C)(O)c2ccc(Cl)cc2F)cc1. The van der Waals surface area contributed by atoms with Gasteiger partial charge in [-0.05, 0) is 36.8 Å². The van der Waals surface area contributed by atoms with Crippen molar-refractivity contribution in [3.63, 3.8) is 0 Å². The number of hydrogen-bond acceptors (Lipinski definition) is 2. The molecule has 2 rings (SSSR count). The first-order chi connectivity index (χ1) is 8.95. The predicted octanol–water partition coefficient (Wildman–Crippen LogP) is 3.74. The molecular weight excluding hydrogens is 267 g/mol. The average molecular weight is 281 g/mol. The standard InChI is InChI=1S/C15H14ClFO2/c1-15(18,10-3-6-12(19-2)7-4-10)13-8-5-11(16)9-14(13)17/h3-9,18H,1-2H3. The number of rotatable bonds is 3. The smallest absolute Gasteiger partial charge is 0.131 e. The molecule has 0 aliphatic rings.